The number of carbonyl (C=O) groups is 1. The van der Waals surface area contributed by atoms with Crippen molar-refractivity contribution in [3.8, 4) is 0 Å². The predicted molar refractivity (Wildman–Crippen MR) is 67.8 cm³/mol. The Hall–Kier alpha value is -0.390. The highest BCUT2D eigenvalue weighted by Crippen LogP contribution is 2.33. The molecule has 0 fully saturated rings. The number of aliphatic carboxylic acids is 1. The number of thiophene rings is 1. The molecule has 0 radical (unpaired) electrons. The van der Waals surface area contributed by atoms with Gasteiger partial charge >= 0.3 is 5.97 Å². The average Bonchev–Trinajstić information content (AvgIpc) is 2.54. The van der Waals surface area contributed by atoms with E-state index in [1.54, 1.807) is 0 Å². The lowest BCUT2D eigenvalue weighted by molar-refractivity contribution is -0.137. The predicted octanol–water partition coefficient (Wildman–Crippen LogP) is 3.50. The van der Waals surface area contributed by atoms with Gasteiger partial charge in [0.05, 0.1) is 9.89 Å². The third kappa shape index (κ3) is 4.23. The Bertz CT molecular complexity index is 343. The molecular formula is C11H15BrO3S. The van der Waals surface area contributed by atoms with Gasteiger partial charge in [0.15, 0.2) is 0 Å². The summed E-state index contributed by atoms with van der Waals surface area (Å²) in [6, 6.07) is 1.97. The number of aryl methyl sites for hydroxylation is 1. The topological polar surface area (TPSA) is 57.5 Å². The van der Waals surface area contributed by atoms with Crippen molar-refractivity contribution in [2.45, 2.75) is 38.7 Å². The fourth-order valence-electron chi connectivity index (χ4n) is 1.40. The number of aliphatic hydroxyl groups excluding tert-OH is 1. The largest absolute Gasteiger partial charge is 0.481 e. The Balaban J connectivity index is 2.35. The van der Waals surface area contributed by atoms with Crippen LogP contribution in [0, 0.1) is 6.92 Å². The molecule has 1 aromatic rings. The quantitative estimate of drug-likeness (QED) is 0.791. The average molecular weight is 307 g/mol. The minimum Gasteiger partial charge on any atom is -0.481 e. The van der Waals surface area contributed by atoms with Crippen molar-refractivity contribution in [2.75, 3.05) is 0 Å². The number of hydrogen-bond donors (Lipinski definition) is 2. The van der Waals surface area contributed by atoms with Gasteiger partial charge in [-0.3, -0.25) is 4.79 Å². The van der Waals surface area contributed by atoms with E-state index in [2.05, 4.69) is 15.9 Å². The number of rotatable bonds is 6. The number of carboxylic acids is 1. The molecule has 16 heavy (non-hydrogen) atoms. The molecule has 1 rings (SSSR count). The molecule has 1 atom stereocenters. The molecular weight excluding hydrogens is 292 g/mol. The molecule has 0 aromatic carbocycles. The second kappa shape index (κ2) is 6.37. The Morgan fingerprint density at radius 3 is 2.75 bits per heavy atom. The maximum Gasteiger partial charge on any atom is 0.303 e. The lowest BCUT2D eigenvalue weighted by Crippen LogP contribution is -1.97. The third-order valence-electron chi connectivity index (χ3n) is 2.32. The molecule has 0 saturated carbocycles. The van der Waals surface area contributed by atoms with Crippen LogP contribution in [-0.2, 0) is 4.79 Å². The highest BCUT2D eigenvalue weighted by atomic mass is 79.9. The van der Waals surface area contributed by atoms with E-state index >= 15 is 0 Å². The molecule has 0 spiro atoms. The fraction of sp³-hybridized carbons (Fsp3) is 0.545. The van der Waals surface area contributed by atoms with Gasteiger partial charge in [0, 0.05) is 11.3 Å². The summed E-state index contributed by atoms with van der Waals surface area (Å²) in [5.74, 6) is -0.774. The van der Waals surface area contributed by atoms with Gasteiger partial charge < -0.3 is 10.2 Å². The first-order chi connectivity index (χ1) is 7.50. The number of carboxylic acid groups (broad SMARTS) is 1. The van der Waals surface area contributed by atoms with E-state index in [0.717, 1.165) is 20.6 Å². The van der Waals surface area contributed by atoms with Crippen molar-refractivity contribution in [2.24, 2.45) is 0 Å². The molecule has 90 valence electrons. The molecule has 0 saturated heterocycles. The summed E-state index contributed by atoms with van der Waals surface area (Å²) >= 11 is 4.95. The van der Waals surface area contributed by atoms with E-state index in [1.807, 2.05) is 13.0 Å². The van der Waals surface area contributed by atoms with Crippen molar-refractivity contribution in [3.63, 3.8) is 0 Å². The minimum absolute atomic E-state index is 0.180. The van der Waals surface area contributed by atoms with Gasteiger partial charge in [-0.1, -0.05) is 0 Å². The van der Waals surface area contributed by atoms with Crippen molar-refractivity contribution in [3.05, 3.63) is 20.3 Å². The molecule has 0 amide bonds. The van der Waals surface area contributed by atoms with Crippen molar-refractivity contribution in [1.82, 2.24) is 0 Å². The van der Waals surface area contributed by atoms with Crippen LogP contribution in [0.2, 0.25) is 0 Å². The standard InChI is InChI=1S/C11H15BrO3S/c1-7-6-9(16-11(7)12)8(13)4-2-3-5-10(14)15/h6,8,13H,2-5H2,1H3,(H,14,15). The molecule has 0 aliphatic rings. The summed E-state index contributed by atoms with van der Waals surface area (Å²) in [4.78, 5) is 11.2. The fourth-order valence-corrected chi connectivity index (χ4v) is 3.00. The highest BCUT2D eigenvalue weighted by Gasteiger charge is 2.12. The van der Waals surface area contributed by atoms with Gasteiger partial charge in [-0.2, -0.15) is 0 Å². The Morgan fingerprint density at radius 1 is 1.56 bits per heavy atom. The van der Waals surface area contributed by atoms with Crippen LogP contribution in [-0.4, -0.2) is 16.2 Å². The van der Waals surface area contributed by atoms with E-state index in [1.165, 1.54) is 11.3 Å². The molecule has 0 aliphatic carbocycles. The van der Waals surface area contributed by atoms with Gasteiger partial charge in [-0.25, -0.2) is 0 Å². The number of unbranched alkanes of at least 4 members (excludes halogenated alkanes) is 1. The first kappa shape index (κ1) is 13.7. The molecule has 1 aromatic heterocycles. The van der Waals surface area contributed by atoms with Gasteiger partial charge in [-0.15, -0.1) is 11.3 Å². The monoisotopic (exact) mass is 306 g/mol. The second-order valence-corrected chi connectivity index (χ2v) is 6.16. The molecule has 3 nitrogen and oxygen atoms in total. The lowest BCUT2D eigenvalue weighted by Gasteiger charge is -2.06. The van der Waals surface area contributed by atoms with Crippen LogP contribution in [0.15, 0.2) is 9.85 Å². The van der Waals surface area contributed by atoms with Gasteiger partial charge in [0.25, 0.3) is 0 Å². The summed E-state index contributed by atoms with van der Waals surface area (Å²) in [5.41, 5.74) is 1.13. The van der Waals surface area contributed by atoms with E-state index in [0.29, 0.717) is 12.8 Å². The Kier molecular flexibility index (Phi) is 5.44. The first-order valence-corrected chi connectivity index (χ1v) is 6.77. The number of hydrogen-bond acceptors (Lipinski definition) is 3. The van der Waals surface area contributed by atoms with Gasteiger partial charge in [-0.05, 0) is 53.7 Å². The Morgan fingerprint density at radius 2 is 2.25 bits per heavy atom. The molecule has 0 bridgehead atoms. The van der Waals surface area contributed by atoms with Crippen molar-refractivity contribution in [1.29, 1.82) is 0 Å². The summed E-state index contributed by atoms with van der Waals surface area (Å²) in [5, 5.41) is 18.3. The second-order valence-electron chi connectivity index (χ2n) is 3.76. The van der Waals surface area contributed by atoms with Crippen LogP contribution >= 0.6 is 27.3 Å². The lowest BCUT2D eigenvalue weighted by atomic mass is 10.1. The summed E-state index contributed by atoms with van der Waals surface area (Å²) < 4.78 is 1.05. The van der Waals surface area contributed by atoms with Crippen LogP contribution in [0.25, 0.3) is 0 Å². The third-order valence-corrected chi connectivity index (χ3v) is 4.56. The maximum atomic E-state index is 10.3. The molecule has 0 aliphatic heterocycles. The minimum atomic E-state index is -0.774. The van der Waals surface area contributed by atoms with Crippen LogP contribution in [0.5, 0.6) is 0 Å². The number of halogens is 1. The molecule has 1 unspecified atom stereocenters. The van der Waals surface area contributed by atoms with E-state index in [9.17, 15) is 9.90 Å². The van der Waals surface area contributed by atoms with E-state index in [-0.39, 0.29) is 6.42 Å². The van der Waals surface area contributed by atoms with Crippen LogP contribution in [0.4, 0.5) is 0 Å². The van der Waals surface area contributed by atoms with Gasteiger partial charge in [0.2, 0.25) is 0 Å². The Labute approximate surface area is 107 Å². The summed E-state index contributed by atoms with van der Waals surface area (Å²) in [7, 11) is 0. The van der Waals surface area contributed by atoms with Crippen molar-refractivity contribution < 1.29 is 15.0 Å². The number of aliphatic hydroxyl groups is 1. The van der Waals surface area contributed by atoms with Gasteiger partial charge in [0.1, 0.15) is 0 Å². The normalized spacial score (nSPS) is 12.7. The molecule has 2 N–H and O–H groups in total. The van der Waals surface area contributed by atoms with Crippen LogP contribution in [0.1, 0.15) is 42.2 Å². The zero-order chi connectivity index (χ0) is 12.1. The molecule has 5 heteroatoms. The van der Waals surface area contributed by atoms with Crippen LogP contribution in [0.3, 0.4) is 0 Å². The summed E-state index contributed by atoms with van der Waals surface area (Å²) in [6.07, 6.45) is 1.70. The zero-order valence-corrected chi connectivity index (χ0v) is 11.5. The van der Waals surface area contributed by atoms with Crippen LogP contribution < -0.4 is 0 Å². The highest BCUT2D eigenvalue weighted by molar-refractivity contribution is 9.11. The summed E-state index contributed by atoms with van der Waals surface area (Å²) in [6.45, 7) is 1.99. The molecule has 1 heterocycles. The first-order valence-electron chi connectivity index (χ1n) is 5.16. The smallest absolute Gasteiger partial charge is 0.303 e. The van der Waals surface area contributed by atoms with E-state index < -0.39 is 12.1 Å². The van der Waals surface area contributed by atoms with E-state index in [4.69, 9.17) is 5.11 Å². The zero-order valence-electron chi connectivity index (χ0n) is 9.07. The SMILES string of the molecule is Cc1cc(C(O)CCCCC(=O)O)sc1Br. The maximum absolute atomic E-state index is 10.3. The van der Waals surface area contributed by atoms with Crippen molar-refractivity contribution >= 4 is 33.2 Å².